The summed E-state index contributed by atoms with van der Waals surface area (Å²) in [5, 5.41) is 8.68. The van der Waals surface area contributed by atoms with Crippen molar-refractivity contribution in [2.24, 2.45) is 0 Å². The van der Waals surface area contributed by atoms with E-state index in [-0.39, 0.29) is 0 Å². The normalized spacial score (nSPS) is 12.6. The number of allylic oxidation sites excluding steroid dienone is 1. The molecular weight excluding hydrogens is 773 g/mol. The first kappa shape index (κ1) is 35.1. The monoisotopic (exact) mass is 810 g/mol. The Bertz CT molecular complexity index is 3720. The number of aryl methyl sites for hydroxylation is 1. The lowest BCUT2D eigenvalue weighted by atomic mass is 9.97. The Balaban J connectivity index is 1.00. The molecule has 62 heavy (non-hydrogen) atoms. The minimum Gasteiger partial charge on any atom is -0.460 e. The number of hydrogen-bond donors (Lipinski definition) is 0. The molecular formula is C58H38N2OS. The van der Waals surface area contributed by atoms with Gasteiger partial charge in [-0.3, -0.25) is 0 Å². The number of hydrogen-bond acceptors (Lipinski definition) is 3. The summed E-state index contributed by atoms with van der Waals surface area (Å²) < 4.78 is 11.9. The quantitative estimate of drug-likeness (QED) is 0.167. The van der Waals surface area contributed by atoms with Gasteiger partial charge in [-0.25, -0.2) is 0 Å². The second-order valence-electron chi connectivity index (χ2n) is 16.4. The van der Waals surface area contributed by atoms with Crippen LogP contribution in [0.4, 0.5) is 17.1 Å². The van der Waals surface area contributed by atoms with Gasteiger partial charge >= 0.3 is 0 Å². The summed E-state index contributed by atoms with van der Waals surface area (Å²) in [5.74, 6) is 1.05. The van der Waals surface area contributed by atoms with Gasteiger partial charge in [0.2, 0.25) is 0 Å². The minimum atomic E-state index is 0.891. The maximum atomic E-state index is 6.86. The van der Waals surface area contributed by atoms with Gasteiger partial charge in [0.25, 0.3) is 0 Å². The molecule has 1 aliphatic rings. The number of anilines is 3. The molecule has 0 atom stereocenters. The Labute approximate surface area is 362 Å². The van der Waals surface area contributed by atoms with Crippen molar-refractivity contribution in [2.45, 2.75) is 12.8 Å². The van der Waals surface area contributed by atoms with Gasteiger partial charge in [0.15, 0.2) is 0 Å². The third-order valence-corrected chi connectivity index (χ3v) is 13.9. The van der Waals surface area contributed by atoms with Crippen LogP contribution in [0, 0.1) is 0 Å². The maximum absolute atomic E-state index is 6.86. The van der Waals surface area contributed by atoms with Gasteiger partial charge in [0.05, 0.1) is 11.0 Å². The first-order valence-electron chi connectivity index (χ1n) is 21.4. The zero-order valence-corrected chi connectivity index (χ0v) is 34.6. The summed E-state index contributed by atoms with van der Waals surface area (Å²) in [6, 6.07) is 71.2. The molecule has 12 aromatic rings. The van der Waals surface area contributed by atoms with Crippen LogP contribution < -0.4 is 4.90 Å². The Hall–Kier alpha value is -7.66. The molecule has 0 radical (unpaired) electrons. The molecule has 13 rings (SSSR count). The molecule has 3 aromatic heterocycles. The topological polar surface area (TPSA) is 21.3 Å². The van der Waals surface area contributed by atoms with Gasteiger partial charge in [-0.05, 0) is 113 Å². The fourth-order valence-corrected chi connectivity index (χ4v) is 10.9. The molecule has 0 spiro atoms. The lowest BCUT2D eigenvalue weighted by Gasteiger charge is -2.27. The van der Waals surface area contributed by atoms with Crippen LogP contribution in [0.15, 0.2) is 205 Å². The highest BCUT2D eigenvalue weighted by atomic mass is 32.1. The van der Waals surface area contributed by atoms with Crippen molar-refractivity contribution in [2.75, 3.05) is 4.90 Å². The van der Waals surface area contributed by atoms with Crippen molar-refractivity contribution < 1.29 is 4.42 Å². The average molecular weight is 811 g/mol. The molecule has 0 saturated carbocycles. The molecule has 0 aliphatic heterocycles. The second kappa shape index (κ2) is 14.0. The molecule has 0 saturated heterocycles. The highest BCUT2D eigenvalue weighted by Gasteiger charge is 2.23. The van der Waals surface area contributed by atoms with E-state index in [1.165, 1.54) is 69.4 Å². The lowest BCUT2D eigenvalue weighted by molar-refractivity contribution is 0.547. The van der Waals surface area contributed by atoms with Crippen LogP contribution in [0.25, 0.3) is 97.7 Å². The molecule has 3 heterocycles. The average Bonchev–Trinajstić information content (AvgIpc) is 4.01. The Morgan fingerprint density at radius 1 is 0.468 bits per heavy atom. The smallest absolute Gasteiger partial charge is 0.142 e. The summed E-state index contributed by atoms with van der Waals surface area (Å²) in [5.41, 5.74) is 13.5. The number of furan rings is 1. The highest BCUT2D eigenvalue weighted by Crippen LogP contribution is 2.46. The summed E-state index contributed by atoms with van der Waals surface area (Å²) in [7, 11) is 0. The molecule has 0 N–H and O–H groups in total. The standard InChI is InChI=1S/C58H38N2OS/c1-2-13-39-32-44(30-24-37(39)12-1)59(43-15-11-14-40(33-43)41-27-31-57-51(34-41)49-19-6-10-23-56(49)62-57)45-35-50(58-52(36-45)48-18-5-9-22-55(48)61-58)38-25-28-42(29-26-38)60-53-20-7-3-16-46(53)47-17-4-8-21-54(47)60/h1-8,10-21,23-36H,9,22H2. The zero-order chi connectivity index (χ0) is 40.7. The third kappa shape index (κ3) is 5.57. The number of benzene rings is 9. The van der Waals surface area contributed by atoms with Crippen molar-refractivity contribution in [3.05, 3.63) is 212 Å². The minimum absolute atomic E-state index is 0.891. The van der Waals surface area contributed by atoms with E-state index in [4.69, 9.17) is 4.42 Å². The molecule has 0 amide bonds. The molecule has 292 valence electrons. The van der Waals surface area contributed by atoms with Gasteiger partial charge < -0.3 is 13.9 Å². The van der Waals surface area contributed by atoms with Crippen LogP contribution >= 0.6 is 11.3 Å². The molecule has 4 heteroatoms. The van der Waals surface area contributed by atoms with Crippen molar-refractivity contribution in [3.63, 3.8) is 0 Å². The Morgan fingerprint density at radius 3 is 2.00 bits per heavy atom. The van der Waals surface area contributed by atoms with Crippen molar-refractivity contribution in [3.8, 4) is 27.9 Å². The lowest BCUT2D eigenvalue weighted by Crippen LogP contribution is -2.10. The largest absolute Gasteiger partial charge is 0.460 e. The first-order chi connectivity index (χ1) is 30.7. The number of aromatic nitrogens is 1. The Kier molecular flexibility index (Phi) is 7.91. The molecule has 0 unspecified atom stereocenters. The van der Waals surface area contributed by atoms with Crippen molar-refractivity contribution in [1.29, 1.82) is 0 Å². The van der Waals surface area contributed by atoms with Gasteiger partial charge in [-0.15, -0.1) is 11.3 Å². The van der Waals surface area contributed by atoms with E-state index in [2.05, 4.69) is 216 Å². The number of rotatable bonds is 6. The van der Waals surface area contributed by atoms with Gasteiger partial charge in [0, 0.05) is 76.6 Å². The SMILES string of the molecule is C1=Cc2c(oc3c(-c4ccc(-n5c6ccccc6c6ccccc65)cc4)cc(N(c4cccc(-c5ccc6sc7ccccc7c6c5)c4)c4ccc5ccccc5c4)cc23)CC1. The number of fused-ring (bicyclic) bond motifs is 10. The fourth-order valence-electron chi connectivity index (χ4n) is 9.86. The van der Waals surface area contributed by atoms with Gasteiger partial charge in [0.1, 0.15) is 11.3 Å². The van der Waals surface area contributed by atoms with Crippen LogP contribution in [0.3, 0.4) is 0 Å². The van der Waals surface area contributed by atoms with Crippen molar-refractivity contribution in [1.82, 2.24) is 4.57 Å². The summed E-state index contributed by atoms with van der Waals surface area (Å²) in [6.45, 7) is 0. The predicted molar refractivity (Wildman–Crippen MR) is 264 cm³/mol. The molecule has 0 fully saturated rings. The van der Waals surface area contributed by atoms with E-state index in [9.17, 15) is 0 Å². The predicted octanol–water partition coefficient (Wildman–Crippen LogP) is 16.8. The van der Waals surface area contributed by atoms with Crippen LogP contribution in [-0.2, 0) is 6.42 Å². The van der Waals surface area contributed by atoms with Crippen molar-refractivity contribution >= 4 is 98.2 Å². The third-order valence-electron chi connectivity index (χ3n) is 12.8. The first-order valence-corrected chi connectivity index (χ1v) is 22.2. The maximum Gasteiger partial charge on any atom is 0.142 e. The molecule has 3 nitrogen and oxygen atoms in total. The van der Waals surface area contributed by atoms with Crippen LogP contribution in [0.1, 0.15) is 17.7 Å². The zero-order valence-electron chi connectivity index (χ0n) is 33.8. The second-order valence-corrected chi connectivity index (χ2v) is 17.5. The Morgan fingerprint density at radius 2 is 1.16 bits per heavy atom. The van der Waals surface area contributed by atoms with E-state index in [0.29, 0.717) is 0 Å². The van der Waals surface area contributed by atoms with Crippen LogP contribution in [0.2, 0.25) is 0 Å². The molecule has 0 bridgehead atoms. The van der Waals surface area contributed by atoms with Crippen LogP contribution in [-0.4, -0.2) is 4.57 Å². The summed E-state index contributed by atoms with van der Waals surface area (Å²) in [4.78, 5) is 2.43. The number of para-hydroxylation sites is 2. The van der Waals surface area contributed by atoms with E-state index in [1.54, 1.807) is 0 Å². The van der Waals surface area contributed by atoms with E-state index >= 15 is 0 Å². The fraction of sp³-hybridized carbons (Fsp3) is 0.0345. The molecule has 9 aromatic carbocycles. The van der Waals surface area contributed by atoms with E-state index < -0.39 is 0 Å². The van der Waals surface area contributed by atoms with E-state index in [0.717, 1.165) is 63.4 Å². The summed E-state index contributed by atoms with van der Waals surface area (Å²) >= 11 is 1.86. The van der Waals surface area contributed by atoms with Crippen LogP contribution in [0.5, 0.6) is 0 Å². The van der Waals surface area contributed by atoms with E-state index in [1.807, 2.05) is 11.3 Å². The number of nitrogens with zero attached hydrogens (tertiary/aromatic N) is 2. The number of thiophene rings is 1. The summed E-state index contributed by atoms with van der Waals surface area (Å²) in [6.07, 6.45) is 6.41. The highest BCUT2D eigenvalue weighted by molar-refractivity contribution is 7.25. The van der Waals surface area contributed by atoms with Gasteiger partial charge in [-0.2, -0.15) is 0 Å². The molecule has 1 aliphatic carbocycles. The van der Waals surface area contributed by atoms with Gasteiger partial charge in [-0.1, -0.05) is 127 Å².